The molecule has 0 bridgehead atoms. The molecular weight excluding hydrogens is 184 g/mol. The van der Waals surface area contributed by atoms with Gasteiger partial charge in [0.2, 0.25) is 0 Å². The molecule has 0 amide bonds. The van der Waals surface area contributed by atoms with Gasteiger partial charge in [0.15, 0.2) is 0 Å². The van der Waals surface area contributed by atoms with E-state index >= 15 is 0 Å². The van der Waals surface area contributed by atoms with Crippen LogP contribution in [0.25, 0.3) is 0 Å². The SMILES string of the molecule is ClCCC1(c2ccccc2)COC1. The molecule has 1 aliphatic heterocycles. The largest absolute Gasteiger partial charge is 0.379 e. The van der Waals surface area contributed by atoms with Crippen LogP contribution in [0.15, 0.2) is 30.3 Å². The van der Waals surface area contributed by atoms with E-state index in [2.05, 4.69) is 24.3 Å². The van der Waals surface area contributed by atoms with Crippen LogP contribution in [0.2, 0.25) is 0 Å². The van der Waals surface area contributed by atoms with Crippen LogP contribution < -0.4 is 0 Å². The Morgan fingerprint density at radius 2 is 1.92 bits per heavy atom. The van der Waals surface area contributed by atoms with Gasteiger partial charge in [-0.2, -0.15) is 0 Å². The summed E-state index contributed by atoms with van der Waals surface area (Å²) in [5.74, 6) is 0.707. The second-order valence-electron chi connectivity index (χ2n) is 3.58. The first-order valence-electron chi connectivity index (χ1n) is 4.57. The quantitative estimate of drug-likeness (QED) is 0.676. The molecular formula is C11H13ClO. The van der Waals surface area contributed by atoms with Gasteiger partial charge in [0, 0.05) is 11.3 Å². The van der Waals surface area contributed by atoms with Crippen molar-refractivity contribution in [1.82, 2.24) is 0 Å². The summed E-state index contributed by atoms with van der Waals surface area (Å²) in [5, 5.41) is 0. The van der Waals surface area contributed by atoms with Gasteiger partial charge in [-0.05, 0) is 12.0 Å². The zero-order valence-electron chi connectivity index (χ0n) is 7.50. The average Bonchev–Trinajstić information content (AvgIpc) is 2.13. The molecule has 1 heterocycles. The smallest absolute Gasteiger partial charge is 0.0586 e. The molecule has 70 valence electrons. The highest BCUT2D eigenvalue weighted by atomic mass is 35.5. The molecule has 0 aromatic heterocycles. The molecule has 13 heavy (non-hydrogen) atoms. The van der Waals surface area contributed by atoms with Gasteiger partial charge in [0.05, 0.1) is 13.2 Å². The molecule has 0 N–H and O–H groups in total. The summed E-state index contributed by atoms with van der Waals surface area (Å²) in [6, 6.07) is 10.5. The van der Waals surface area contributed by atoms with Gasteiger partial charge in [-0.25, -0.2) is 0 Å². The van der Waals surface area contributed by atoms with Crippen LogP contribution in [-0.2, 0) is 10.2 Å². The van der Waals surface area contributed by atoms with Crippen LogP contribution in [0, 0.1) is 0 Å². The minimum atomic E-state index is 0.211. The summed E-state index contributed by atoms with van der Waals surface area (Å²) < 4.78 is 5.29. The Labute approximate surface area is 83.7 Å². The number of alkyl halides is 1. The average molecular weight is 197 g/mol. The maximum Gasteiger partial charge on any atom is 0.0586 e. The van der Waals surface area contributed by atoms with E-state index in [1.165, 1.54) is 5.56 Å². The fourth-order valence-corrected chi connectivity index (χ4v) is 2.14. The fraction of sp³-hybridized carbons (Fsp3) is 0.455. The van der Waals surface area contributed by atoms with Crippen LogP contribution in [0.3, 0.4) is 0 Å². The first kappa shape index (κ1) is 9.04. The van der Waals surface area contributed by atoms with E-state index in [1.54, 1.807) is 0 Å². The molecule has 1 aromatic rings. The molecule has 0 spiro atoms. The van der Waals surface area contributed by atoms with Crippen LogP contribution in [-0.4, -0.2) is 19.1 Å². The molecule has 0 saturated carbocycles. The lowest BCUT2D eigenvalue weighted by atomic mass is 9.76. The molecule has 0 atom stereocenters. The van der Waals surface area contributed by atoms with Crippen LogP contribution in [0.5, 0.6) is 0 Å². The van der Waals surface area contributed by atoms with Crippen molar-refractivity contribution in [3.8, 4) is 0 Å². The van der Waals surface area contributed by atoms with Crippen molar-refractivity contribution in [2.45, 2.75) is 11.8 Å². The molecule has 2 rings (SSSR count). The van der Waals surface area contributed by atoms with Crippen molar-refractivity contribution >= 4 is 11.6 Å². The Kier molecular flexibility index (Phi) is 2.56. The zero-order chi connectivity index (χ0) is 9.15. The highest BCUT2D eigenvalue weighted by Crippen LogP contribution is 2.35. The number of benzene rings is 1. The number of halogens is 1. The molecule has 1 aromatic carbocycles. The predicted octanol–water partition coefficient (Wildman–Crippen LogP) is 2.58. The van der Waals surface area contributed by atoms with E-state index in [0.717, 1.165) is 19.6 Å². The summed E-state index contributed by atoms with van der Waals surface area (Å²) in [7, 11) is 0. The summed E-state index contributed by atoms with van der Waals surface area (Å²) in [4.78, 5) is 0. The number of ether oxygens (including phenoxy) is 1. The van der Waals surface area contributed by atoms with Gasteiger partial charge >= 0.3 is 0 Å². The Balaban J connectivity index is 2.22. The molecule has 1 saturated heterocycles. The topological polar surface area (TPSA) is 9.23 Å². The first-order valence-corrected chi connectivity index (χ1v) is 5.10. The maximum absolute atomic E-state index is 5.79. The second-order valence-corrected chi connectivity index (χ2v) is 3.96. The third-order valence-electron chi connectivity index (χ3n) is 2.72. The Morgan fingerprint density at radius 3 is 2.38 bits per heavy atom. The third kappa shape index (κ3) is 1.59. The van der Waals surface area contributed by atoms with Gasteiger partial charge in [-0.15, -0.1) is 11.6 Å². The van der Waals surface area contributed by atoms with Crippen molar-refractivity contribution in [2.75, 3.05) is 19.1 Å². The van der Waals surface area contributed by atoms with Gasteiger partial charge in [-0.1, -0.05) is 30.3 Å². The number of rotatable bonds is 3. The lowest BCUT2D eigenvalue weighted by molar-refractivity contribution is -0.0615. The van der Waals surface area contributed by atoms with E-state index in [0.29, 0.717) is 5.88 Å². The van der Waals surface area contributed by atoms with Crippen LogP contribution in [0.4, 0.5) is 0 Å². The lowest BCUT2D eigenvalue weighted by Gasteiger charge is -2.41. The highest BCUT2D eigenvalue weighted by molar-refractivity contribution is 6.17. The van der Waals surface area contributed by atoms with E-state index in [9.17, 15) is 0 Å². The maximum atomic E-state index is 5.79. The Morgan fingerprint density at radius 1 is 1.23 bits per heavy atom. The molecule has 1 aliphatic rings. The molecule has 0 unspecified atom stereocenters. The fourth-order valence-electron chi connectivity index (χ4n) is 1.78. The zero-order valence-corrected chi connectivity index (χ0v) is 8.26. The minimum absolute atomic E-state index is 0.211. The molecule has 2 heteroatoms. The summed E-state index contributed by atoms with van der Waals surface area (Å²) >= 11 is 5.79. The van der Waals surface area contributed by atoms with E-state index in [4.69, 9.17) is 16.3 Å². The normalized spacial score (nSPS) is 19.5. The molecule has 1 nitrogen and oxygen atoms in total. The molecule has 0 radical (unpaired) electrons. The van der Waals surface area contributed by atoms with Gasteiger partial charge in [-0.3, -0.25) is 0 Å². The minimum Gasteiger partial charge on any atom is -0.379 e. The standard InChI is InChI=1S/C11H13ClO/c12-7-6-11(8-13-9-11)10-4-2-1-3-5-10/h1-5H,6-9H2. The first-order chi connectivity index (χ1) is 6.37. The monoisotopic (exact) mass is 196 g/mol. The molecule has 1 fully saturated rings. The highest BCUT2D eigenvalue weighted by Gasteiger charge is 2.39. The predicted molar refractivity (Wildman–Crippen MR) is 54.3 cm³/mol. The molecule has 0 aliphatic carbocycles. The van der Waals surface area contributed by atoms with Crippen molar-refractivity contribution in [1.29, 1.82) is 0 Å². The van der Waals surface area contributed by atoms with Crippen LogP contribution >= 0.6 is 11.6 Å². The summed E-state index contributed by atoms with van der Waals surface area (Å²) in [5.41, 5.74) is 1.57. The second kappa shape index (κ2) is 3.69. The summed E-state index contributed by atoms with van der Waals surface area (Å²) in [6.45, 7) is 1.65. The third-order valence-corrected chi connectivity index (χ3v) is 2.90. The van der Waals surface area contributed by atoms with Crippen molar-refractivity contribution in [2.24, 2.45) is 0 Å². The van der Waals surface area contributed by atoms with E-state index < -0.39 is 0 Å². The van der Waals surface area contributed by atoms with Crippen molar-refractivity contribution in [3.05, 3.63) is 35.9 Å². The van der Waals surface area contributed by atoms with E-state index in [1.807, 2.05) is 6.07 Å². The van der Waals surface area contributed by atoms with Gasteiger partial charge in [0.1, 0.15) is 0 Å². The lowest BCUT2D eigenvalue weighted by Crippen LogP contribution is -2.47. The van der Waals surface area contributed by atoms with Crippen LogP contribution in [0.1, 0.15) is 12.0 Å². The van der Waals surface area contributed by atoms with Crippen molar-refractivity contribution in [3.63, 3.8) is 0 Å². The summed E-state index contributed by atoms with van der Waals surface area (Å²) in [6.07, 6.45) is 1.01. The number of hydrogen-bond donors (Lipinski definition) is 0. The van der Waals surface area contributed by atoms with E-state index in [-0.39, 0.29) is 5.41 Å². The van der Waals surface area contributed by atoms with Gasteiger partial charge < -0.3 is 4.74 Å². The van der Waals surface area contributed by atoms with Gasteiger partial charge in [0.25, 0.3) is 0 Å². The Bertz CT molecular complexity index is 267. The Hall–Kier alpha value is -0.530. The number of hydrogen-bond acceptors (Lipinski definition) is 1. The van der Waals surface area contributed by atoms with Crippen molar-refractivity contribution < 1.29 is 4.74 Å².